The van der Waals surface area contributed by atoms with Gasteiger partial charge in [0.15, 0.2) is 0 Å². The van der Waals surface area contributed by atoms with E-state index < -0.39 is 0 Å². The van der Waals surface area contributed by atoms with Gasteiger partial charge in [-0.1, -0.05) is 18.6 Å². The summed E-state index contributed by atoms with van der Waals surface area (Å²) in [6.45, 7) is 4.05. The fourth-order valence-electron chi connectivity index (χ4n) is 3.65. The molecule has 2 aliphatic rings. The predicted octanol–water partition coefficient (Wildman–Crippen LogP) is 3.18. The Bertz CT molecular complexity index is 529. The van der Waals surface area contributed by atoms with Gasteiger partial charge in [0.2, 0.25) is 0 Å². The van der Waals surface area contributed by atoms with E-state index in [9.17, 15) is 4.79 Å². The highest BCUT2D eigenvalue weighted by Crippen LogP contribution is 2.25. The Hall–Kier alpha value is -1.75. The number of hydrogen-bond acceptors (Lipinski definition) is 3. The monoisotopic (exact) mass is 317 g/mol. The third-order valence-electron chi connectivity index (χ3n) is 4.94. The average Bonchev–Trinajstić information content (AvgIpc) is 3.00. The van der Waals surface area contributed by atoms with E-state index in [0.717, 1.165) is 25.2 Å². The Balaban J connectivity index is 1.65. The number of nitrogens with zero attached hydrogens (tertiary/aromatic N) is 2. The van der Waals surface area contributed by atoms with E-state index in [1.165, 1.54) is 38.8 Å². The SMILES string of the molecule is COc1ccccc1NC(=O)N1CCCC[C@H](N2CCCC2)C1. The van der Waals surface area contributed by atoms with Gasteiger partial charge in [0, 0.05) is 19.1 Å². The first-order valence-corrected chi connectivity index (χ1v) is 8.71. The van der Waals surface area contributed by atoms with E-state index in [-0.39, 0.29) is 6.03 Å². The van der Waals surface area contributed by atoms with Crippen LogP contribution in [0.5, 0.6) is 5.75 Å². The summed E-state index contributed by atoms with van der Waals surface area (Å²) in [5, 5.41) is 3.01. The number of ether oxygens (including phenoxy) is 1. The number of anilines is 1. The maximum atomic E-state index is 12.7. The Morgan fingerprint density at radius 1 is 1.13 bits per heavy atom. The first-order chi connectivity index (χ1) is 11.3. The van der Waals surface area contributed by atoms with E-state index in [1.807, 2.05) is 29.2 Å². The maximum Gasteiger partial charge on any atom is 0.322 e. The summed E-state index contributed by atoms with van der Waals surface area (Å²) in [7, 11) is 1.63. The second-order valence-electron chi connectivity index (χ2n) is 6.47. The number of urea groups is 1. The van der Waals surface area contributed by atoms with E-state index >= 15 is 0 Å². The van der Waals surface area contributed by atoms with Crippen molar-refractivity contribution in [3.8, 4) is 5.75 Å². The van der Waals surface area contributed by atoms with Crippen LogP contribution in [0.4, 0.5) is 10.5 Å². The maximum absolute atomic E-state index is 12.7. The molecule has 0 saturated carbocycles. The summed E-state index contributed by atoms with van der Waals surface area (Å²) in [5.41, 5.74) is 0.738. The number of amides is 2. The zero-order valence-electron chi connectivity index (χ0n) is 14.0. The third-order valence-corrected chi connectivity index (χ3v) is 4.94. The summed E-state index contributed by atoms with van der Waals surface area (Å²) < 4.78 is 5.32. The van der Waals surface area contributed by atoms with Crippen molar-refractivity contribution in [2.45, 2.75) is 38.1 Å². The third kappa shape index (κ3) is 3.96. The number of carbonyl (C=O) groups is 1. The molecule has 5 nitrogen and oxygen atoms in total. The number of benzene rings is 1. The number of likely N-dealkylation sites (tertiary alicyclic amines) is 2. The molecule has 0 radical (unpaired) electrons. The number of para-hydroxylation sites is 2. The van der Waals surface area contributed by atoms with Gasteiger partial charge in [-0.2, -0.15) is 0 Å². The van der Waals surface area contributed by atoms with Gasteiger partial charge in [0.05, 0.1) is 12.8 Å². The highest BCUT2D eigenvalue weighted by Gasteiger charge is 2.28. The highest BCUT2D eigenvalue weighted by molar-refractivity contribution is 5.91. The van der Waals surface area contributed by atoms with Crippen molar-refractivity contribution in [3.63, 3.8) is 0 Å². The van der Waals surface area contributed by atoms with Crippen LogP contribution < -0.4 is 10.1 Å². The molecule has 0 unspecified atom stereocenters. The minimum atomic E-state index is -0.0133. The van der Waals surface area contributed by atoms with Crippen LogP contribution in [0.3, 0.4) is 0 Å². The zero-order chi connectivity index (χ0) is 16.1. The van der Waals surface area contributed by atoms with Crippen molar-refractivity contribution in [1.82, 2.24) is 9.80 Å². The van der Waals surface area contributed by atoms with Crippen LogP contribution in [-0.4, -0.2) is 55.2 Å². The molecule has 0 aliphatic carbocycles. The van der Waals surface area contributed by atoms with Crippen molar-refractivity contribution in [2.24, 2.45) is 0 Å². The van der Waals surface area contributed by atoms with E-state index in [2.05, 4.69) is 10.2 Å². The van der Waals surface area contributed by atoms with E-state index in [4.69, 9.17) is 4.74 Å². The van der Waals surface area contributed by atoms with Crippen molar-refractivity contribution >= 4 is 11.7 Å². The Kier molecular flexibility index (Phi) is 5.39. The Labute approximate surface area is 138 Å². The molecule has 126 valence electrons. The lowest BCUT2D eigenvalue weighted by Gasteiger charge is -2.30. The first-order valence-electron chi connectivity index (χ1n) is 8.71. The molecule has 0 spiro atoms. The highest BCUT2D eigenvalue weighted by atomic mass is 16.5. The molecule has 2 fully saturated rings. The quantitative estimate of drug-likeness (QED) is 0.931. The molecule has 23 heavy (non-hydrogen) atoms. The lowest BCUT2D eigenvalue weighted by atomic mass is 10.1. The molecule has 1 aromatic carbocycles. The second kappa shape index (κ2) is 7.68. The normalized spacial score (nSPS) is 22.7. The molecule has 2 amide bonds. The average molecular weight is 317 g/mol. The minimum absolute atomic E-state index is 0.0133. The Morgan fingerprint density at radius 2 is 1.87 bits per heavy atom. The smallest absolute Gasteiger partial charge is 0.322 e. The number of nitrogens with one attached hydrogen (secondary N) is 1. The lowest BCUT2D eigenvalue weighted by molar-refractivity contribution is 0.174. The molecule has 2 saturated heterocycles. The molecule has 0 bridgehead atoms. The molecule has 1 atom stereocenters. The summed E-state index contributed by atoms with van der Waals surface area (Å²) in [4.78, 5) is 17.2. The van der Waals surface area contributed by atoms with Crippen molar-refractivity contribution < 1.29 is 9.53 Å². The minimum Gasteiger partial charge on any atom is -0.495 e. The molecule has 5 heteroatoms. The predicted molar refractivity (Wildman–Crippen MR) is 92.0 cm³/mol. The van der Waals surface area contributed by atoms with Gasteiger partial charge < -0.3 is 15.0 Å². The van der Waals surface area contributed by atoms with Gasteiger partial charge >= 0.3 is 6.03 Å². The van der Waals surface area contributed by atoms with Crippen LogP contribution in [0.15, 0.2) is 24.3 Å². The lowest BCUT2D eigenvalue weighted by Crippen LogP contribution is -2.45. The van der Waals surface area contributed by atoms with Gasteiger partial charge in [-0.25, -0.2) is 4.79 Å². The topological polar surface area (TPSA) is 44.8 Å². The number of rotatable bonds is 3. The number of methoxy groups -OCH3 is 1. The fourth-order valence-corrected chi connectivity index (χ4v) is 3.65. The van der Waals surface area contributed by atoms with Crippen LogP contribution in [0, 0.1) is 0 Å². The Morgan fingerprint density at radius 3 is 2.65 bits per heavy atom. The largest absolute Gasteiger partial charge is 0.495 e. The first kappa shape index (κ1) is 16.1. The summed E-state index contributed by atoms with van der Waals surface area (Å²) in [6.07, 6.45) is 6.09. The molecule has 1 N–H and O–H groups in total. The molecular weight excluding hydrogens is 290 g/mol. The molecule has 3 rings (SSSR count). The van der Waals surface area contributed by atoms with Crippen LogP contribution >= 0.6 is 0 Å². The number of carbonyl (C=O) groups excluding carboxylic acids is 1. The van der Waals surface area contributed by atoms with Gasteiger partial charge in [-0.3, -0.25) is 4.90 Å². The van der Waals surface area contributed by atoms with Crippen molar-refractivity contribution in [1.29, 1.82) is 0 Å². The molecule has 1 aromatic rings. The van der Waals surface area contributed by atoms with Crippen LogP contribution in [0.25, 0.3) is 0 Å². The van der Waals surface area contributed by atoms with Crippen LogP contribution in [0.1, 0.15) is 32.1 Å². The van der Waals surface area contributed by atoms with Gasteiger partial charge in [0.1, 0.15) is 5.75 Å². The van der Waals surface area contributed by atoms with Crippen molar-refractivity contribution in [2.75, 3.05) is 38.6 Å². The number of hydrogen-bond donors (Lipinski definition) is 1. The van der Waals surface area contributed by atoms with Gasteiger partial charge in [-0.15, -0.1) is 0 Å². The summed E-state index contributed by atoms with van der Waals surface area (Å²) in [6, 6.07) is 8.07. The zero-order valence-corrected chi connectivity index (χ0v) is 14.0. The van der Waals surface area contributed by atoms with E-state index in [1.54, 1.807) is 7.11 Å². The molecular formula is C18H27N3O2. The molecule has 2 heterocycles. The standard InChI is InChI=1S/C18H27N3O2/c1-23-17-10-3-2-9-16(17)19-18(22)21-13-5-4-8-15(14-21)20-11-6-7-12-20/h2-3,9-10,15H,4-8,11-14H2,1H3,(H,19,22)/t15-/m0/s1. The summed E-state index contributed by atoms with van der Waals surface area (Å²) in [5.74, 6) is 0.701. The van der Waals surface area contributed by atoms with Crippen LogP contribution in [-0.2, 0) is 0 Å². The second-order valence-corrected chi connectivity index (χ2v) is 6.47. The fraction of sp³-hybridized carbons (Fsp3) is 0.611. The van der Waals surface area contributed by atoms with E-state index in [0.29, 0.717) is 11.8 Å². The van der Waals surface area contributed by atoms with Gasteiger partial charge in [0.25, 0.3) is 0 Å². The van der Waals surface area contributed by atoms with Gasteiger partial charge in [-0.05, 0) is 50.9 Å². The molecule has 2 aliphatic heterocycles. The molecule has 0 aromatic heterocycles. The van der Waals surface area contributed by atoms with Crippen LogP contribution in [0.2, 0.25) is 0 Å². The summed E-state index contributed by atoms with van der Waals surface area (Å²) >= 11 is 0. The van der Waals surface area contributed by atoms with Crippen molar-refractivity contribution in [3.05, 3.63) is 24.3 Å².